The average molecular weight is 119 g/mol. The smallest absolute Gasteiger partial charge is 0.114 e. The zero-order valence-electron chi connectivity index (χ0n) is 4.60. The molecule has 0 bridgehead atoms. The van der Waals surface area contributed by atoms with Gasteiger partial charge in [0.25, 0.3) is 0 Å². The average Bonchev–Trinajstić information content (AvgIpc) is 2.14. The first kappa shape index (κ1) is 5.98. The maximum Gasteiger partial charge on any atom is 0.114 e. The Morgan fingerprint density at radius 3 is 2.75 bits per heavy atom. The molecule has 1 aliphatic rings. The number of halogens is 1. The van der Waals surface area contributed by atoms with Gasteiger partial charge in [0.15, 0.2) is 0 Å². The lowest BCUT2D eigenvalue weighted by atomic mass is 10.2. The van der Waals surface area contributed by atoms with Crippen LogP contribution in [0, 0.1) is 0 Å². The maximum absolute atomic E-state index is 12.2. The number of aliphatic hydroxyl groups is 1. The summed E-state index contributed by atoms with van der Waals surface area (Å²) in [6.07, 6.45) is -0.275. The molecule has 0 aromatic rings. The van der Waals surface area contributed by atoms with Crippen molar-refractivity contribution in [2.75, 3.05) is 13.2 Å². The van der Waals surface area contributed by atoms with Crippen LogP contribution < -0.4 is 5.32 Å². The molecule has 0 aromatic carbocycles. The quantitative estimate of drug-likeness (QED) is 0.495. The highest BCUT2D eigenvalue weighted by atomic mass is 19.1. The fourth-order valence-corrected chi connectivity index (χ4v) is 0.909. The minimum absolute atomic E-state index is 0.00463. The highest BCUT2D eigenvalue weighted by molar-refractivity contribution is 4.80. The summed E-state index contributed by atoms with van der Waals surface area (Å²) in [6.45, 7) is 0.464. The summed E-state index contributed by atoms with van der Waals surface area (Å²) in [4.78, 5) is 0. The van der Waals surface area contributed by atoms with Gasteiger partial charge in [0.05, 0.1) is 6.61 Å². The van der Waals surface area contributed by atoms with Crippen LogP contribution in [0.15, 0.2) is 0 Å². The van der Waals surface area contributed by atoms with Crippen molar-refractivity contribution in [3.8, 4) is 0 Å². The molecule has 3 heteroatoms. The van der Waals surface area contributed by atoms with Crippen molar-refractivity contribution in [3.63, 3.8) is 0 Å². The first-order valence-electron chi connectivity index (χ1n) is 2.81. The molecule has 1 unspecified atom stereocenters. The maximum atomic E-state index is 12.2. The van der Waals surface area contributed by atoms with E-state index >= 15 is 0 Å². The third-order valence-corrected chi connectivity index (χ3v) is 1.39. The SMILES string of the molecule is OCC1C[C@H](F)CN1. The first-order valence-corrected chi connectivity index (χ1v) is 2.81. The Bertz CT molecular complexity index is 78.8. The number of nitrogens with one attached hydrogen (secondary N) is 1. The van der Waals surface area contributed by atoms with Gasteiger partial charge in [0, 0.05) is 12.6 Å². The summed E-state index contributed by atoms with van der Waals surface area (Å²) >= 11 is 0. The van der Waals surface area contributed by atoms with E-state index in [9.17, 15) is 4.39 Å². The second kappa shape index (κ2) is 2.42. The van der Waals surface area contributed by atoms with Crippen LogP contribution in [-0.4, -0.2) is 30.5 Å². The molecule has 8 heavy (non-hydrogen) atoms. The standard InChI is InChI=1S/C5H10FNO/c6-4-1-5(3-8)7-2-4/h4-5,7-8H,1-3H2/t4-,5?/m0/s1. The lowest BCUT2D eigenvalue weighted by Gasteiger charge is -2.01. The Balaban J connectivity index is 2.22. The lowest BCUT2D eigenvalue weighted by Crippen LogP contribution is -2.24. The third-order valence-electron chi connectivity index (χ3n) is 1.39. The van der Waals surface area contributed by atoms with Gasteiger partial charge in [-0.1, -0.05) is 0 Å². The van der Waals surface area contributed by atoms with Crippen molar-refractivity contribution in [3.05, 3.63) is 0 Å². The van der Waals surface area contributed by atoms with E-state index in [1.54, 1.807) is 0 Å². The third kappa shape index (κ3) is 1.17. The van der Waals surface area contributed by atoms with Crippen molar-refractivity contribution >= 4 is 0 Å². The molecule has 1 aliphatic heterocycles. The number of rotatable bonds is 1. The van der Waals surface area contributed by atoms with Gasteiger partial charge < -0.3 is 10.4 Å². The van der Waals surface area contributed by atoms with Crippen molar-refractivity contribution in [2.24, 2.45) is 0 Å². The van der Waals surface area contributed by atoms with E-state index in [0.717, 1.165) is 0 Å². The summed E-state index contributed by atoms with van der Waals surface area (Å²) in [5.74, 6) is 0. The van der Waals surface area contributed by atoms with Crippen molar-refractivity contribution in [2.45, 2.75) is 18.6 Å². The summed E-state index contributed by atoms with van der Waals surface area (Å²) in [6, 6.07) is 0.00463. The Morgan fingerprint density at radius 1 is 1.75 bits per heavy atom. The van der Waals surface area contributed by atoms with Crippen LogP contribution in [0.3, 0.4) is 0 Å². The van der Waals surface area contributed by atoms with Crippen LogP contribution in [-0.2, 0) is 0 Å². The number of hydrogen-bond donors (Lipinski definition) is 2. The molecular formula is C5H10FNO. The number of hydrogen-bond acceptors (Lipinski definition) is 2. The minimum atomic E-state index is -0.743. The van der Waals surface area contributed by atoms with E-state index < -0.39 is 6.17 Å². The molecule has 1 rings (SSSR count). The molecule has 2 nitrogen and oxygen atoms in total. The van der Waals surface area contributed by atoms with E-state index in [2.05, 4.69) is 5.32 Å². The monoisotopic (exact) mass is 119 g/mol. The molecule has 1 saturated heterocycles. The second-order valence-corrected chi connectivity index (χ2v) is 2.12. The first-order chi connectivity index (χ1) is 3.83. The topological polar surface area (TPSA) is 32.3 Å². The summed E-state index contributed by atoms with van der Waals surface area (Å²) in [5.41, 5.74) is 0. The molecule has 1 heterocycles. The zero-order chi connectivity index (χ0) is 5.98. The molecule has 0 spiro atoms. The Morgan fingerprint density at radius 2 is 2.50 bits per heavy atom. The van der Waals surface area contributed by atoms with Gasteiger partial charge in [0.1, 0.15) is 6.17 Å². The fourth-order valence-electron chi connectivity index (χ4n) is 0.909. The highest BCUT2D eigenvalue weighted by Crippen LogP contribution is 2.08. The molecule has 48 valence electrons. The van der Waals surface area contributed by atoms with Gasteiger partial charge in [-0.25, -0.2) is 4.39 Å². The van der Waals surface area contributed by atoms with E-state index in [1.165, 1.54) is 0 Å². The van der Waals surface area contributed by atoms with Crippen molar-refractivity contribution < 1.29 is 9.50 Å². The molecule has 2 N–H and O–H groups in total. The predicted octanol–water partition coefficient (Wildman–Crippen LogP) is -0.321. The van der Waals surface area contributed by atoms with Crippen LogP contribution in [0.1, 0.15) is 6.42 Å². The Kier molecular flexibility index (Phi) is 1.81. The molecule has 0 amide bonds. The molecule has 1 fully saturated rings. The van der Waals surface area contributed by atoms with E-state index in [4.69, 9.17) is 5.11 Å². The summed E-state index contributed by atoms with van der Waals surface area (Å²) in [5, 5.41) is 11.3. The summed E-state index contributed by atoms with van der Waals surface area (Å²) in [7, 11) is 0. The van der Waals surface area contributed by atoms with Crippen LogP contribution in [0.5, 0.6) is 0 Å². The Hall–Kier alpha value is -0.150. The van der Waals surface area contributed by atoms with Gasteiger partial charge in [-0.05, 0) is 6.42 Å². The van der Waals surface area contributed by atoms with Crippen molar-refractivity contribution in [1.82, 2.24) is 5.32 Å². The minimum Gasteiger partial charge on any atom is -0.395 e. The molecule has 0 aliphatic carbocycles. The fraction of sp³-hybridized carbons (Fsp3) is 1.00. The van der Waals surface area contributed by atoms with E-state index in [-0.39, 0.29) is 12.6 Å². The van der Waals surface area contributed by atoms with Crippen molar-refractivity contribution in [1.29, 1.82) is 0 Å². The van der Waals surface area contributed by atoms with Crippen LogP contribution in [0.2, 0.25) is 0 Å². The number of aliphatic hydroxyl groups excluding tert-OH is 1. The Labute approximate surface area is 47.7 Å². The molecular weight excluding hydrogens is 109 g/mol. The van der Waals surface area contributed by atoms with Gasteiger partial charge in [-0.2, -0.15) is 0 Å². The van der Waals surface area contributed by atoms with Gasteiger partial charge in [-0.15, -0.1) is 0 Å². The van der Waals surface area contributed by atoms with Crippen LogP contribution in [0.4, 0.5) is 4.39 Å². The number of alkyl halides is 1. The van der Waals surface area contributed by atoms with Crippen LogP contribution >= 0.6 is 0 Å². The predicted molar refractivity (Wildman–Crippen MR) is 28.4 cm³/mol. The van der Waals surface area contributed by atoms with E-state index in [1.807, 2.05) is 0 Å². The zero-order valence-corrected chi connectivity index (χ0v) is 4.60. The van der Waals surface area contributed by atoms with Gasteiger partial charge >= 0.3 is 0 Å². The molecule has 0 saturated carbocycles. The second-order valence-electron chi connectivity index (χ2n) is 2.12. The lowest BCUT2D eigenvalue weighted by molar-refractivity contribution is 0.248. The van der Waals surface area contributed by atoms with Crippen LogP contribution in [0.25, 0.3) is 0 Å². The molecule has 0 radical (unpaired) electrons. The normalized spacial score (nSPS) is 38.2. The molecule has 2 atom stereocenters. The largest absolute Gasteiger partial charge is 0.395 e. The van der Waals surface area contributed by atoms with E-state index in [0.29, 0.717) is 13.0 Å². The highest BCUT2D eigenvalue weighted by Gasteiger charge is 2.21. The molecule has 0 aromatic heterocycles. The van der Waals surface area contributed by atoms with Gasteiger partial charge in [-0.3, -0.25) is 0 Å². The summed E-state index contributed by atoms with van der Waals surface area (Å²) < 4.78 is 12.2. The van der Waals surface area contributed by atoms with Gasteiger partial charge in [0.2, 0.25) is 0 Å².